The van der Waals surface area contributed by atoms with Crippen LogP contribution < -0.4 is 5.43 Å². The van der Waals surface area contributed by atoms with Gasteiger partial charge in [-0.25, -0.2) is 5.43 Å². The molecule has 0 saturated heterocycles. The number of hydrogen-bond acceptors (Lipinski definition) is 3. The number of rotatable bonds is 5. The van der Waals surface area contributed by atoms with Gasteiger partial charge in [0.1, 0.15) is 0 Å². The number of aromatic nitrogens is 1. The first-order valence-corrected chi connectivity index (χ1v) is 9.14. The summed E-state index contributed by atoms with van der Waals surface area (Å²) < 4.78 is 2.24. The van der Waals surface area contributed by atoms with Gasteiger partial charge >= 0.3 is 0 Å². The van der Waals surface area contributed by atoms with Gasteiger partial charge in [-0.1, -0.05) is 31.2 Å². The van der Waals surface area contributed by atoms with Crippen LogP contribution in [-0.4, -0.2) is 16.7 Å². The number of benzene rings is 1. The first kappa shape index (κ1) is 17.2. The minimum atomic E-state index is -0.184. The van der Waals surface area contributed by atoms with E-state index in [2.05, 4.69) is 66.2 Å². The van der Waals surface area contributed by atoms with Gasteiger partial charge in [0.25, 0.3) is 5.91 Å². The van der Waals surface area contributed by atoms with Gasteiger partial charge in [-0.2, -0.15) is 5.10 Å². The van der Waals surface area contributed by atoms with Crippen molar-refractivity contribution in [2.24, 2.45) is 5.10 Å². The molecule has 4 nitrogen and oxygen atoms in total. The van der Waals surface area contributed by atoms with Crippen molar-refractivity contribution in [3.63, 3.8) is 0 Å². The molecule has 25 heavy (non-hydrogen) atoms. The molecule has 1 N–H and O–H groups in total. The van der Waals surface area contributed by atoms with Crippen LogP contribution in [0, 0.1) is 13.8 Å². The molecule has 0 aliphatic carbocycles. The summed E-state index contributed by atoms with van der Waals surface area (Å²) in [6.45, 7) is 6.32. The first-order chi connectivity index (χ1) is 12.1. The van der Waals surface area contributed by atoms with Crippen LogP contribution in [0.5, 0.6) is 0 Å². The van der Waals surface area contributed by atoms with Crippen LogP contribution in [0.1, 0.15) is 39.1 Å². The molecular weight excluding hydrogens is 330 g/mol. The van der Waals surface area contributed by atoms with Crippen LogP contribution in [0.25, 0.3) is 5.69 Å². The van der Waals surface area contributed by atoms with E-state index in [-0.39, 0.29) is 5.91 Å². The molecule has 3 rings (SSSR count). The first-order valence-electron chi connectivity index (χ1n) is 8.26. The van der Waals surface area contributed by atoms with Gasteiger partial charge in [-0.05, 0) is 49.4 Å². The van der Waals surface area contributed by atoms with E-state index in [1.807, 2.05) is 11.4 Å². The van der Waals surface area contributed by atoms with Crippen molar-refractivity contribution in [3.05, 3.63) is 75.2 Å². The second kappa shape index (κ2) is 7.49. The topological polar surface area (TPSA) is 46.4 Å². The van der Waals surface area contributed by atoms with Crippen LogP contribution in [-0.2, 0) is 6.42 Å². The summed E-state index contributed by atoms with van der Waals surface area (Å²) in [5, 5.41) is 5.99. The molecule has 2 heterocycles. The maximum absolute atomic E-state index is 11.9. The lowest BCUT2D eigenvalue weighted by molar-refractivity contribution is 0.0959. The maximum atomic E-state index is 11.9. The monoisotopic (exact) mass is 351 g/mol. The Morgan fingerprint density at radius 3 is 2.76 bits per heavy atom. The number of nitrogens with one attached hydrogen (secondary N) is 1. The lowest BCUT2D eigenvalue weighted by atomic mass is 10.1. The molecule has 2 aromatic heterocycles. The molecule has 0 atom stereocenters. The highest BCUT2D eigenvalue weighted by Gasteiger charge is 2.12. The zero-order chi connectivity index (χ0) is 17.8. The fourth-order valence-electron chi connectivity index (χ4n) is 2.94. The molecule has 0 aliphatic rings. The predicted octanol–water partition coefficient (Wildman–Crippen LogP) is 4.48. The molecule has 0 radical (unpaired) electrons. The minimum Gasteiger partial charge on any atom is -0.318 e. The molecular formula is C20H21N3OS. The van der Waals surface area contributed by atoms with E-state index < -0.39 is 0 Å². The third-order valence-corrected chi connectivity index (χ3v) is 5.07. The summed E-state index contributed by atoms with van der Waals surface area (Å²) in [6.07, 6.45) is 2.69. The third-order valence-electron chi connectivity index (χ3n) is 4.20. The summed E-state index contributed by atoms with van der Waals surface area (Å²) >= 11 is 1.40. The second-order valence-electron chi connectivity index (χ2n) is 5.82. The van der Waals surface area contributed by atoms with Gasteiger partial charge < -0.3 is 4.57 Å². The van der Waals surface area contributed by atoms with Crippen molar-refractivity contribution >= 4 is 23.5 Å². The molecule has 0 fully saturated rings. The molecule has 0 unspecified atom stereocenters. The molecule has 0 spiro atoms. The Balaban J connectivity index is 1.85. The Hall–Kier alpha value is -2.66. The van der Waals surface area contributed by atoms with Crippen molar-refractivity contribution in [1.82, 2.24) is 9.99 Å². The number of hydrogen-bond donors (Lipinski definition) is 1. The highest BCUT2D eigenvalue weighted by Crippen LogP contribution is 2.23. The van der Waals surface area contributed by atoms with Crippen molar-refractivity contribution in [3.8, 4) is 5.69 Å². The molecule has 0 saturated carbocycles. The quantitative estimate of drug-likeness (QED) is 0.534. The molecule has 128 valence electrons. The minimum absolute atomic E-state index is 0.184. The largest absolute Gasteiger partial charge is 0.318 e. The van der Waals surface area contributed by atoms with Crippen molar-refractivity contribution < 1.29 is 4.79 Å². The SMILES string of the molecule is CCc1ccccc1-n1c(C)cc(/C=N/NC(=O)c2cccs2)c1C. The summed E-state index contributed by atoms with van der Waals surface area (Å²) in [6, 6.07) is 14.1. The van der Waals surface area contributed by atoms with Gasteiger partial charge in [-0.15, -0.1) is 11.3 Å². The summed E-state index contributed by atoms with van der Waals surface area (Å²) in [5.74, 6) is -0.184. The molecule has 5 heteroatoms. The van der Waals surface area contributed by atoms with E-state index in [0.29, 0.717) is 4.88 Å². The number of aryl methyl sites for hydroxylation is 2. The zero-order valence-electron chi connectivity index (χ0n) is 14.6. The maximum Gasteiger partial charge on any atom is 0.281 e. The number of amides is 1. The second-order valence-corrected chi connectivity index (χ2v) is 6.77. The predicted molar refractivity (Wildman–Crippen MR) is 104 cm³/mol. The molecule has 1 aromatic carbocycles. The number of nitrogens with zero attached hydrogens (tertiary/aromatic N) is 2. The van der Waals surface area contributed by atoms with E-state index >= 15 is 0 Å². The van der Waals surface area contributed by atoms with E-state index in [1.165, 1.54) is 22.6 Å². The lowest BCUT2D eigenvalue weighted by Gasteiger charge is -2.13. The highest BCUT2D eigenvalue weighted by atomic mass is 32.1. The summed E-state index contributed by atoms with van der Waals surface area (Å²) in [7, 11) is 0. The number of thiophene rings is 1. The average molecular weight is 351 g/mol. The van der Waals surface area contributed by atoms with Crippen LogP contribution in [0.4, 0.5) is 0 Å². The van der Waals surface area contributed by atoms with Gasteiger partial charge in [0.2, 0.25) is 0 Å². The van der Waals surface area contributed by atoms with E-state index in [4.69, 9.17) is 0 Å². The van der Waals surface area contributed by atoms with Crippen LogP contribution in [0.3, 0.4) is 0 Å². The van der Waals surface area contributed by atoms with Gasteiger partial charge in [0, 0.05) is 22.6 Å². The standard InChI is InChI=1S/C20H21N3OS/c1-4-16-8-5-6-9-18(16)23-14(2)12-17(15(23)3)13-21-22-20(24)19-10-7-11-25-19/h5-13H,4H2,1-3H3,(H,22,24)/b21-13+. The number of hydrazone groups is 1. The molecule has 3 aromatic rings. The van der Waals surface area contributed by atoms with Gasteiger partial charge in [0.15, 0.2) is 0 Å². The fourth-order valence-corrected chi connectivity index (χ4v) is 3.55. The Morgan fingerprint density at radius 2 is 2.04 bits per heavy atom. The third kappa shape index (κ3) is 3.56. The smallest absolute Gasteiger partial charge is 0.281 e. The Labute approximate surface area is 151 Å². The summed E-state index contributed by atoms with van der Waals surface area (Å²) in [4.78, 5) is 12.6. The molecule has 1 amide bonds. The Kier molecular flexibility index (Phi) is 5.14. The number of carbonyl (C=O) groups is 1. The Bertz CT molecular complexity index is 907. The van der Waals surface area contributed by atoms with E-state index in [9.17, 15) is 4.79 Å². The molecule has 0 bridgehead atoms. The normalized spacial score (nSPS) is 11.2. The van der Waals surface area contributed by atoms with Crippen molar-refractivity contribution in [2.75, 3.05) is 0 Å². The van der Waals surface area contributed by atoms with Crippen molar-refractivity contribution in [2.45, 2.75) is 27.2 Å². The zero-order valence-corrected chi connectivity index (χ0v) is 15.4. The van der Waals surface area contributed by atoms with Crippen molar-refractivity contribution in [1.29, 1.82) is 0 Å². The fraction of sp³-hybridized carbons (Fsp3) is 0.200. The van der Waals surface area contributed by atoms with Gasteiger partial charge in [-0.3, -0.25) is 4.79 Å². The van der Waals surface area contributed by atoms with E-state index in [0.717, 1.165) is 23.4 Å². The van der Waals surface area contributed by atoms with Gasteiger partial charge in [0.05, 0.1) is 11.1 Å². The van der Waals surface area contributed by atoms with Crippen LogP contribution in [0.15, 0.2) is 52.9 Å². The number of para-hydroxylation sites is 1. The average Bonchev–Trinajstić information content (AvgIpc) is 3.24. The summed E-state index contributed by atoms with van der Waals surface area (Å²) in [5.41, 5.74) is 8.33. The van der Waals surface area contributed by atoms with E-state index in [1.54, 1.807) is 12.3 Å². The molecule has 0 aliphatic heterocycles. The van der Waals surface area contributed by atoms with Crippen LogP contribution >= 0.6 is 11.3 Å². The Morgan fingerprint density at radius 1 is 1.24 bits per heavy atom. The number of carbonyl (C=O) groups excluding carboxylic acids is 1. The van der Waals surface area contributed by atoms with Crippen LogP contribution in [0.2, 0.25) is 0 Å². The highest BCUT2D eigenvalue weighted by molar-refractivity contribution is 7.12. The lowest BCUT2D eigenvalue weighted by Crippen LogP contribution is -2.16.